The molecule has 0 spiro atoms. The molecule has 0 unspecified atom stereocenters. The van der Waals surface area contributed by atoms with E-state index in [9.17, 15) is 14.4 Å². The Bertz CT molecular complexity index is 804. The first-order valence-corrected chi connectivity index (χ1v) is 6.52. The number of hydrogen-bond donors (Lipinski definition) is 1. The predicted octanol–water partition coefficient (Wildman–Crippen LogP) is 0.908. The number of hydrogen-bond acceptors (Lipinski definition) is 7. The summed E-state index contributed by atoms with van der Waals surface area (Å²) in [6.07, 6.45) is 1.39. The summed E-state index contributed by atoms with van der Waals surface area (Å²) in [4.78, 5) is 40.9. The van der Waals surface area contributed by atoms with Crippen LogP contribution in [0.4, 0.5) is 0 Å². The third kappa shape index (κ3) is 1.94. The third-order valence-corrected chi connectivity index (χ3v) is 3.31. The van der Waals surface area contributed by atoms with Gasteiger partial charge in [-0.15, -0.1) is 0 Å². The Kier molecular flexibility index (Phi) is 3.34. The van der Waals surface area contributed by atoms with E-state index < -0.39 is 17.5 Å². The summed E-state index contributed by atoms with van der Waals surface area (Å²) in [6, 6.07) is 3.02. The number of ether oxygens (including phenoxy) is 1. The van der Waals surface area contributed by atoms with Gasteiger partial charge in [-0.1, -0.05) is 0 Å². The second kappa shape index (κ2) is 5.19. The Morgan fingerprint density at radius 2 is 2.14 bits per heavy atom. The number of carbonyl (C=O) groups excluding carboxylic acids is 3. The summed E-state index contributed by atoms with van der Waals surface area (Å²) < 4.78 is 10.1. The van der Waals surface area contributed by atoms with Gasteiger partial charge in [0.05, 0.1) is 17.7 Å². The Morgan fingerprint density at radius 3 is 2.86 bits per heavy atom. The maximum Gasteiger partial charge on any atom is 0.342 e. The average Bonchev–Trinajstić information content (AvgIpc) is 2.88. The molecule has 2 aromatic heterocycles. The van der Waals surface area contributed by atoms with E-state index in [1.165, 1.54) is 19.2 Å². The van der Waals surface area contributed by atoms with Crippen LogP contribution in [-0.4, -0.2) is 40.8 Å². The number of esters is 1. The summed E-state index contributed by atoms with van der Waals surface area (Å²) in [5, 5.41) is 8.71. The molecule has 0 saturated carbocycles. The lowest BCUT2D eigenvalue weighted by Gasteiger charge is -2.12. The average molecular weight is 301 g/mol. The molecule has 0 bridgehead atoms. The van der Waals surface area contributed by atoms with Gasteiger partial charge in [0.1, 0.15) is 23.6 Å². The molecule has 1 aliphatic carbocycles. The standard InChI is InChI=1S/C15H11NO6/c1-7-9(15(20)21-6-5-17)10-13(19)11-8(3-2-4-16-11)12(18)14(10)22-7/h2-4,17H,5-6H2,1H3. The Hall–Kier alpha value is -2.80. The largest absolute Gasteiger partial charge is 0.460 e. The molecule has 0 aliphatic heterocycles. The van der Waals surface area contributed by atoms with Gasteiger partial charge in [-0.2, -0.15) is 0 Å². The highest BCUT2D eigenvalue weighted by Gasteiger charge is 2.39. The van der Waals surface area contributed by atoms with Crippen molar-refractivity contribution in [3.05, 3.63) is 52.2 Å². The van der Waals surface area contributed by atoms with Crippen molar-refractivity contribution < 1.29 is 28.6 Å². The molecule has 3 rings (SSSR count). The molecule has 112 valence electrons. The van der Waals surface area contributed by atoms with E-state index in [1.54, 1.807) is 6.07 Å². The van der Waals surface area contributed by atoms with Gasteiger partial charge < -0.3 is 14.3 Å². The minimum Gasteiger partial charge on any atom is -0.460 e. The number of aryl methyl sites for hydroxylation is 1. The monoisotopic (exact) mass is 301 g/mol. The predicted molar refractivity (Wildman–Crippen MR) is 71.9 cm³/mol. The van der Waals surface area contributed by atoms with Crippen LogP contribution in [0.5, 0.6) is 0 Å². The topological polar surface area (TPSA) is 107 Å². The van der Waals surface area contributed by atoms with Crippen molar-refractivity contribution in [3.63, 3.8) is 0 Å². The Labute approximate surface area is 124 Å². The van der Waals surface area contributed by atoms with Crippen molar-refractivity contribution in [2.24, 2.45) is 0 Å². The van der Waals surface area contributed by atoms with Crippen LogP contribution in [0.15, 0.2) is 22.7 Å². The van der Waals surface area contributed by atoms with Gasteiger partial charge >= 0.3 is 5.97 Å². The lowest BCUT2D eigenvalue weighted by molar-refractivity contribution is 0.0429. The molecular weight excluding hydrogens is 290 g/mol. The number of aliphatic hydroxyl groups is 1. The van der Waals surface area contributed by atoms with Crippen LogP contribution in [-0.2, 0) is 4.74 Å². The molecule has 7 nitrogen and oxygen atoms in total. The smallest absolute Gasteiger partial charge is 0.342 e. The van der Waals surface area contributed by atoms with Crippen LogP contribution >= 0.6 is 0 Å². The van der Waals surface area contributed by atoms with E-state index in [1.807, 2.05) is 0 Å². The molecule has 0 atom stereocenters. The number of aromatic nitrogens is 1. The number of pyridine rings is 1. The summed E-state index contributed by atoms with van der Waals surface area (Å²) in [5.74, 6) is -1.95. The lowest BCUT2D eigenvalue weighted by Crippen LogP contribution is -2.23. The zero-order valence-electron chi connectivity index (χ0n) is 11.6. The molecular formula is C15H11NO6. The highest BCUT2D eigenvalue weighted by Crippen LogP contribution is 2.32. The minimum atomic E-state index is -0.822. The normalized spacial score (nSPS) is 12.8. The SMILES string of the molecule is Cc1oc2c(c1C(=O)OCCO)C(=O)c1ncccc1C2=O. The first kappa shape index (κ1) is 14.2. The molecule has 0 fully saturated rings. The first-order chi connectivity index (χ1) is 10.6. The van der Waals surface area contributed by atoms with Crippen molar-refractivity contribution in [2.45, 2.75) is 6.92 Å². The fourth-order valence-corrected chi connectivity index (χ4v) is 2.39. The van der Waals surface area contributed by atoms with E-state index in [2.05, 4.69) is 4.98 Å². The van der Waals surface area contributed by atoms with Gasteiger partial charge in [0, 0.05) is 6.20 Å². The molecule has 1 aliphatic rings. The number of furan rings is 1. The highest BCUT2D eigenvalue weighted by atomic mass is 16.5. The zero-order valence-corrected chi connectivity index (χ0v) is 11.6. The van der Waals surface area contributed by atoms with Crippen LogP contribution < -0.4 is 0 Å². The summed E-state index contributed by atoms with van der Waals surface area (Å²) in [6.45, 7) is 0.907. The van der Waals surface area contributed by atoms with Crippen LogP contribution in [0.1, 0.15) is 48.3 Å². The first-order valence-electron chi connectivity index (χ1n) is 6.52. The molecule has 0 amide bonds. The summed E-state index contributed by atoms with van der Waals surface area (Å²) in [5.41, 5.74) is -0.101. The minimum absolute atomic E-state index is 0.0167. The second-order valence-electron chi connectivity index (χ2n) is 4.65. The van der Waals surface area contributed by atoms with E-state index in [0.717, 1.165) is 0 Å². The van der Waals surface area contributed by atoms with Crippen molar-refractivity contribution in [3.8, 4) is 0 Å². The van der Waals surface area contributed by atoms with Crippen LogP contribution in [0, 0.1) is 6.92 Å². The molecule has 1 N–H and O–H groups in total. The van der Waals surface area contributed by atoms with Gasteiger partial charge in [0.25, 0.3) is 0 Å². The maximum atomic E-state index is 12.5. The number of rotatable bonds is 3. The number of ketones is 2. The van der Waals surface area contributed by atoms with Gasteiger partial charge in [0.2, 0.25) is 11.6 Å². The van der Waals surface area contributed by atoms with E-state index in [4.69, 9.17) is 14.3 Å². The molecule has 7 heteroatoms. The Balaban J connectivity index is 2.16. The Morgan fingerprint density at radius 1 is 1.36 bits per heavy atom. The van der Waals surface area contributed by atoms with Gasteiger partial charge in [-0.05, 0) is 19.1 Å². The highest BCUT2D eigenvalue weighted by molar-refractivity contribution is 6.29. The van der Waals surface area contributed by atoms with Gasteiger partial charge in [-0.25, -0.2) is 4.79 Å². The van der Waals surface area contributed by atoms with Crippen LogP contribution in [0.25, 0.3) is 0 Å². The molecule has 2 aromatic rings. The molecule has 0 aromatic carbocycles. The van der Waals surface area contributed by atoms with E-state index in [-0.39, 0.29) is 47.1 Å². The van der Waals surface area contributed by atoms with Crippen molar-refractivity contribution >= 4 is 17.5 Å². The molecule has 0 saturated heterocycles. The van der Waals surface area contributed by atoms with Crippen molar-refractivity contribution in [2.75, 3.05) is 13.2 Å². The number of nitrogens with zero attached hydrogens (tertiary/aromatic N) is 1. The zero-order chi connectivity index (χ0) is 15.9. The fraction of sp³-hybridized carbons (Fsp3) is 0.200. The number of carbonyl (C=O) groups is 3. The van der Waals surface area contributed by atoms with Crippen molar-refractivity contribution in [1.82, 2.24) is 4.98 Å². The van der Waals surface area contributed by atoms with E-state index >= 15 is 0 Å². The molecule has 2 heterocycles. The lowest BCUT2D eigenvalue weighted by atomic mass is 9.90. The maximum absolute atomic E-state index is 12.5. The van der Waals surface area contributed by atoms with Crippen molar-refractivity contribution in [1.29, 1.82) is 0 Å². The number of aliphatic hydroxyl groups excluding tert-OH is 1. The number of fused-ring (bicyclic) bond motifs is 2. The molecule has 22 heavy (non-hydrogen) atoms. The van der Waals surface area contributed by atoms with Gasteiger partial charge in [-0.3, -0.25) is 14.6 Å². The third-order valence-electron chi connectivity index (χ3n) is 3.31. The summed E-state index contributed by atoms with van der Waals surface area (Å²) >= 11 is 0. The van der Waals surface area contributed by atoms with Crippen LogP contribution in [0.3, 0.4) is 0 Å². The molecule has 0 radical (unpaired) electrons. The van der Waals surface area contributed by atoms with Crippen LogP contribution in [0.2, 0.25) is 0 Å². The fourth-order valence-electron chi connectivity index (χ4n) is 2.39. The van der Waals surface area contributed by atoms with E-state index in [0.29, 0.717) is 0 Å². The summed E-state index contributed by atoms with van der Waals surface area (Å²) in [7, 11) is 0. The quantitative estimate of drug-likeness (QED) is 0.716. The van der Waals surface area contributed by atoms with Gasteiger partial charge in [0.15, 0.2) is 5.76 Å². The second-order valence-corrected chi connectivity index (χ2v) is 4.65.